The highest BCUT2D eigenvalue weighted by Crippen LogP contribution is 2.35. The fourth-order valence-corrected chi connectivity index (χ4v) is 4.95. The molecular formula is C19H19Cl2N3OS. The Labute approximate surface area is 166 Å². The molecule has 0 unspecified atom stereocenters. The maximum atomic E-state index is 13.4. The van der Waals surface area contributed by atoms with Crippen molar-refractivity contribution >= 4 is 44.8 Å². The first-order valence-electron chi connectivity index (χ1n) is 8.60. The van der Waals surface area contributed by atoms with Crippen LogP contribution < -0.4 is 5.56 Å². The van der Waals surface area contributed by atoms with Gasteiger partial charge in [0.2, 0.25) is 0 Å². The second-order valence-electron chi connectivity index (χ2n) is 6.83. The Morgan fingerprint density at radius 3 is 2.62 bits per heavy atom. The Morgan fingerprint density at radius 1 is 1.19 bits per heavy atom. The molecule has 0 spiro atoms. The van der Waals surface area contributed by atoms with Crippen molar-refractivity contribution in [3.8, 4) is 11.1 Å². The van der Waals surface area contributed by atoms with Crippen molar-refractivity contribution in [2.24, 2.45) is 0 Å². The molecule has 0 amide bonds. The van der Waals surface area contributed by atoms with Crippen molar-refractivity contribution in [1.82, 2.24) is 14.5 Å². The molecule has 0 saturated carbocycles. The van der Waals surface area contributed by atoms with E-state index in [1.165, 1.54) is 11.3 Å². The summed E-state index contributed by atoms with van der Waals surface area (Å²) >= 11 is 13.7. The molecule has 2 aromatic heterocycles. The highest BCUT2D eigenvalue weighted by Gasteiger charge is 2.23. The summed E-state index contributed by atoms with van der Waals surface area (Å²) in [5, 5.41) is 3.65. The number of likely N-dealkylation sites (tertiary alicyclic amines) is 1. The van der Waals surface area contributed by atoms with Gasteiger partial charge in [0.05, 0.1) is 15.4 Å². The maximum absolute atomic E-state index is 13.4. The van der Waals surface area contributed by atoms with Crippen molar-refractivity contribution in [2.45, 2.75) is 25.8 Å². The summed E-state index contributed by atoms with van der Waals surface area (Å²) in [6, 6.07) is 5.68. The lowest BCUT2D eigenvalue weighted by Crippen LogP contribution is -2.36. The van der Waals surface area contributed by atoms with Crippen molar-refractivity contribution in [2.75, 3.05) is 20.1 Å². The zero-order valence-corrected chi connectivity index (χ0v) is 17.0. The van der Waals surface area contributed by atoms with E-state index in [1.54, 1.807) is 6.07 Å². The van der Waals surface area contributed by atoms with Gasteiger partial charge in [-0.3, -0.25) is 9.36 Å². The summed E-state index contributed by atoms with van der Waals surface area (Å²) in [6.45, 7) is 3.92. The van der Waals surface area contributed by atoms with Gasteiger partial charge in [-0.1, -0.05) is 29.3 Å². The summed E-state index contributed by atoms with van der Waals surface area (Å²) in [6.07, 6.45) is 1.94. The van der Waals surface area contributed by atoms with Gasteiger partial charge in [0, 0.05) is 17.0 Å². The number of halogens is 2. The average Bonchev–Trinajstić information content (AvgIpc) is 3.03. The fourth-order valence-electron chi connectivity index (χ4n) is 3.66. The van der Waals surface area contributed by atoms with Crippen LogP contribution in [0.25, 0.3) is 21.3 Å². The molecule has 0 bridgehead atoms. The van der Waals surface area contributed by atoms with Crippen molar-refractivity contribution in [1.29, 1.82) is 0 Å². The second kappa shape index (κ2) is 6.97. The predicted octanol–water partition coefficient (Wildman–Crippen LogP) is 5.01. The fraction of sp³-hybridized carbons (Fsp3) is 0.368. The maximum Gasteiger partial charge on any atom is 0.263 e. The molecule has 136 valence electrons. The van der Waals surface area contributed by atoms with E-state index in [2.05, 4.69) is 11.9 Å². The molecule has 4 nitrogen and oxygen atoms in total. The third kappa shape index (κ3) is 3.07. The van der Waals surface area contributed by atoms with E-state index in [-0.39, 0.29) is 11.6 Å². The van der Waals surface area contributed by atoms with Crippen molar-refractivity contribution in [3.05, 3.63) is 49.8 Å². The van der Waals surface area contributed by atoms with Gasteiger partial charge < -0.3 is 4.90 Å². The monoisotopic (exact) mass is 407 g/mol. The lowest BCUT2D eigenvalue weighted by Gasteiger charge is -2.31. The molecule has 3 aromatic rings. The zero-order valence-electron chi connectivity index (χ0n) is 14.6. The minimum Gasteiger partial charge on any atom is -0.306 e. The van der Waals surface area contributed by atoms with Crippen molar-refractivity contribution < 1.29 is 0 Å². The first-order valence-corrected chi connectivity index (χ1v) is 10.2. The van der Waals surface area contributed by atoms with Gasteiger partial charge in [-0.15, -0.1) is 11.3 Å². The van der Waals surface area contributed by atoms with Crippen LogP contribution in [0, 0.1) is 6.92 Å². The molecule has 1 aromatic carbocycles. The normalized spacial score (nSPS) is 16.5. The quantitative estimate of drug-likeness (QED) is 0.599. The SMILES string of the molecule is Cc1nc2scc(-c3ccc(Cl)c(Cl)c3)c2c(=O)n1C1CCN(C)CC1. The summed E-state index contributed by atoms with van der Waals surface area (Å²) < 4.78 is 1.89. The van der Waals surface area contributed by atoms with E-state index >= 15 is 0 Å². The summed E-state index contributed by atoms with van der Waals surface area (Å²) in [5.74, 6) is 0.791. The number of piperidine rings is 1. The Kier molecular flexibility index (Phi) is 4.82. The van der Waals surface area contributed by atoms with E-state index in [0.717, 1.165) is 47.7 Å². The van der Waals surface area contributed by atoms with Gasteiger partial charge in [0.25, 0.3) is 5.56 Å². The first kappa shape index (κ1) is 18.0. The van der Waals surface area contributed by atoms with Gasteiger partial charge in [0.1, 0.15) is 10.7 Å². The number of hydrogen-bond acceptors (Lipinski definition) is 4. The number of hydrogen-bond donors (Lipinski definition) is 0. The standard InChI is InChI=1S/C19H19Cl2N3OS/c1-11-22-18-17(19(25)24(11)13-5-7-23(2)8-6-13)14(10-26-18)12-3-4-15(20)16(21)9-12/h3-4,9-10,13H,5-8H2,1-2H3. The van der Waals surface area contributed by atoms with Crippen LogP contribution in [0.5, 0.6) is 0 Å². The van der Waals surface area contributed by atoms with E-state index in [4.69, 9.17) is 28.2 Å². The van der Waals surface area contributed by atoms with E-state index in [1.807, 2.05) is 29.0 Å². The predicted molar refractivity (Wildman–Crippen MR) is 110 cm³/mol. The molecule has 1 aliphatic heterocycles. The molecule has 0 N–H and O–H groups in total. The van der Waals surface area contributed by atoms with Gasteiger partial charge in [-0.25, -0.2) is 4.98 Å². The third-order valence-electron chi connectivity index (χ3n) is 5.10. The third-order valence-corrected chi connectivity index (χ3v) is 6.71. The zero-order chi connectivity index (χ0) is 18.4. The Hall–Kier alpha value is -1.40. The highest BCUT2D eigenvalue weighted by atomic mass is 35.5. The van der Waals surface area contributed by atoms with Gasteiger partial charge in [-0.2, -0.15) is 0 Å². The van der Waals surface area contributed by atoms with Crippen molar-refractivity contribution in [3.63, 3.8) is 0 Å². The smallest absolute Gasteiger partial charge is 0.263 e. The van der Waals surface area contributed by atoms with Crippen LogP contribution in [0.2, 0.25) is 10.0 Å². The first-order chi connectivity index (χ1) is 12.5. The lowest BCUT2D eigenvalue weighted by atomic mass is 10.0. The second-order valence-corrected chi connectivity index (χ2v) is 8.50. The minimum atomic E-state index is 0.0457. The molecule has 1 fully saturated rings. The highest BCUT2D eigenvalue weighted by molar-refractivity contribution is 7.17. The molecule has 4 rings (SSSR count). The number of thiophene rings is 1. The Bertz CT molecular complexity index is 1040. The number of fused-ring (bicyclic) bond motifs is 1. The molecule has 1 aliphatic rings. The van der Waals surface area contributed by atoms with Crippen LogP contribution in [0.15, 0.2) is 28.4 Å². The number of aryl methyl sites for hydroxylation is 1. The van der Waals surface area contributed by atoms with Crippen LogP contribution in [0.3, 0.4) is 0 Å². The van der Waals surface area contributed by atoms with Gasteiger partial charge in [-0.05, 0) is 57.6 Å². The van der Waals surface area contributed by atoms with E-state index in [0.29, 0.717) is 15.4 Å². The summed E-state index contributed by atoms with van der Waals surface area (Å²) in [7, 11) is 2.12. The van der Waals surface area contributed by atoms with Gasteiger partial charge in [0.15, 0.2) is 0 Å². The average molecular weight is 408 g/mol. The van der Waals surface area contributed by atoms with Crippen LogP contribution in [-0.4, -0.2) is 34.6 Å². The summed E-state index contributed by atoms with van der Waals surface area (Å²) in [5.41, 5.74) is 1.82. The molecule has 3 heterocycles. The lowest BCUT2D eigenvalue weighted by molar-refractivity contribution is 0.216. The topological polar surface area (TPSA) is 38.1 Å². The largest absolute Gasteiger partial charge is 0.306 e. The summed E-state index contributed by atoms with van der Waals surface area (Å²) in [4.78, 5) is 21.2. The minimum absolute atomic E-state index is 0.0457. The van der Waals surface area contributed by atoms with Crippen LogP contribution >= 0.6 is 34.5 Å². The number of benzene rings is 1. The molecule has 26 heavy (non-hydrogen) atoms. The number of nitrogens with zero attached hydrogens (tertiary/aromatic N) is 3. The van der Waals surface area contributed by atoms with Crippen LogP contribution in [0.1, 0.15) is 24.7 Å². The van der Waals surface area contributed by atoms with E-state index < -0.39 is 0 Å². The molecule has 0 radical (unpaired) electrons. The Balaban J connectivity index is 1.88. The Morgan fingerprint density at radius 2 is 1.92 bits per heavy atom. The number of rotatable bonds is 2. The molecular weight excluding hydrogens is 389 g/mol. The van der Waals surface area contributed by atoms with Crippen LogP contribution in [-0.2, 0) is 0 Å². The molecule has 0 atom stereocenters. The van der Waals surface area contributed by atoms with E-state index in [9.17, 15) is 4.79 Å². The van der Waals surface area contributed by atoms with Crippen LogP contribution in [0.4, 0.5) is 0 Å². The van der Waals surface area contributed by atoms with Gasteiger partial charge >= 0.3 is 0 Å². The molecule has 1 saturated heterocycles. The molecule has 0 aliphatic carbocycles. The number of aromatic nitrogens is 2. The molecule has 7 heteroatoms.